The highest BCUT2D eigenvalue weighted by Crippen LogP contribution is 2.20. The van der Waals surface area contributed by atoms with Crippen molar-refractivity contribution >= 4 is 17.4 Å². The summed E-state index contributed by atoms with van der Waals surface area (Å²) in [4.78, 5) is 14.2. The third-order valence-electron chi connectivity index (χ3n) is 3.51. The predicted molar refractivity (Wildman–Crippen MR) is 72.1 cm³/mol. The van der Waals surface area contributed by atoms with Crippen molar-refractivity contribution in [3.8, 4) is 0 Å². The van der Waals surface area contributed by atoms with E-state index in [2.05, 4.69) is 4.90 Å². The summed E-state index contributed by atoms with van der Waals surface area (Å²) < 4.78 is 0. The molecule has 98 valence electrons. The molecule has 0 aliphatic carbocycles. The number of halogens is 1. The van der Waals surface area contributed by atoms with Crippen molar-refractivity contribution in [2.45, 2.75) is 25.3 Å². The van der Waals surface area contributed by atoms with Gasteiger partial charge in [-0.3, -0.25) is 9.69 Å². The number of aliphatic hydroxyl groups excluding tert-OH is 1. The Bertz CT molecular complexity index is 422. The van der Waals surface area contributed by atoms with E-state index in [-0.39, 0.29) is 18.4 Å². The van der Waals surface area contributed by atoms with Crippen LogP contribution in [0.25, 0.3) is 0 Å². The summed E-state index contributed by atoms with van der Waals surface area (Å²) in [6.07, 6.45) is 2.59. The lowest BCUT2D eigenvalue weighted by molar-refractivity contribution is 0.0946. The first-order valence-electron chi connectivity index (χ1n) is 6.35. The molecule has 1 aromatic rings. The molecule has 1 N–H and O–H groups in total. The summed E-state index contributed by atoms with van der Waals surface area (Å²) in [7, 11) is 0. The molecule has 1 atom stereocenters. The van der Waals surface area contributed by atoms with E-state index in [1.54, 1.807) is 12.1 Å². The molecule has 1 unspecified atom stereocenters. The number of Topliss-reactive ketones (excluding diaryl/α,β-unsaturated/α-hetero) is 1. The Morgan fingerprint density at radius 3 is 2.94 bits per heavy atom. The molecule has 4 heteroatoms. The molecule has 0 bridgehead atoms. The third-order valence-corrected chi connectivity index (χ3v) is 3.84. The molecular weight excluding hydrogens is 250 g/mol. The van der Waals surface area contributed by atoms with Gasteiger partial charge in [0, 0.05) is 24.6 Å². The van der Waals surface area contributed by atoms with Crippen LogP contribution in [-0.4, -0.2) is 41.5 Å². The van der Waals surface area contributed by atoms with E-state index in [9.17, 15) is 9.90 Å². The molecule has 1 fully saturated rings. The first kappa shape index (κ1) is 13.5. The van der Waals surface area contributed by atoms with E-state index in [4.69, 9.17) is 11.6 Å². The summed E-state index contributed by atoms with van der Waals surface area (Å²) >= 11 is 6.00. The lowest BCUT2D eigenvalue weighted by atomic mass is 10.1. The van der Waals surface area contributed by atoms with Crippen molar-refractivity contribution in [3.63, 3.8) is 0 Å². The number of benzene rings is 1. The van der Waals surface area contributed by atoms with Crippen molar-refractivity contribution < 1.29 is 9.90 Å². The molecule has 0 saturated carbocycles. The smallest absolute Gasteiger partial charge is 0.165 e. The minimum atomic E-state index is 0.0733. The predicted octanol–water partition coefficient (Wildman–Crippen LogP) is 2.37. The van der Waals surface area contributed by atoms with Crippen molar-refractivity contribution in [1.82, 2.24) is 4.90 Å². The average molecular weight is 268 g/mol. The highest BCUT2D eigenvalue weighted by atomic mass is 35.5. The number of aliphatic hydroxyl groups is 1. The summed E-state index contributed by atoms with van der Waals surface area (Å²) in [5.41, 5.74) is 0.596. The van der Waals surface area contributed by atoms with Gasteiger partial charge >= 0.3 is 0 Å². The van der Waals surface area contributed by atoms with Gasteiger partial charge in [0.2, 0.25) is 0 Å². The Kier molecular flexibility index (Phi) is 4.75. The lowest BCUT2D eigenvalue weighted by Gasteiger charge is -2.22. The average Bonchev–Trinajstić information content (AvgIpc) is 2.84. The van der Waals surface area contributed by atoms with Crippen LogP contribution in [0.1, 0.15) is 29.6 Å². The molecule has 1 saturated heterocycles. The quantitative estimate of drug-likeness (QED) is 0.833. The first-order valence-corrected chi connectivity index (χ1v) is 6.73. The molecule has 1 aliphatic heterocycles. The van der Waals surface area contributed by atoms with Crippen LogP contribution in [-0.2, 0) is 0 Å². The van der Waals surface area contributed by atoms with E-state index in [0.717, 1.165) is 19.4 Å². The zero-order valence-electron chi connectivity index (χ0n) is 10.3. The van der Waals surface area contributed by atoms with E-state index >= 15 is 0 Å². The van der Waals surface area contributed by atoms with Gasteiger partial charge in [0.05, 0.1) is 11.6 Å². The van der Waals surface area contributed by atoms with Gasteiger partial charge in [0.1, 0.15) is 0 Å². The minimum Gasteiger partial charge on any atom is -0.395 e. The van der Waals surface area contributed by atoms with Crippen LogP contribution < -0.4 is 0 Å². The van der Waals surface area contributed by atoms with Gasteiger partial charge in [-0.25, -0.2) is 0 Å². The second-order valence-corrected chi connectivity index (χ2v) is 5.07. The Labute approximate surface area is 112 Å². The van der Waals surface area contributed by atoms with Crippen LogP contribution in [0, 0.1) is 0 Å². The van der Waals surface area contributed by atoms with Gasteiger partial charge in [0.25, 0.3) is 0 Å². The van der Waals surface area contributed by atoms with E-state index in [1.807, 2.05) is 12.1 Å². The van der Waals surface area contributed by atoms with Crippen LogP contribution >= 0.6 is 11.6 Å². The topological polar surface area (TPSA) is 40.5 Å². The second kappa shape index (κ2) is 6.32. The molecule has 0 amide bonds. The maximum Gasteiger partial charge on any atom is 0.165 e. The third kappa shape index (κ3) is 3.10. The molecule has 1 aromatic carbocycles. The normalized spacial score (nSPS) is 20.2. The van der Waals surface area contributed by atoms with Crippen molar-refractivity contribution in [1.29, 1.82) is 0 Å². The van der Waals surface area contributed by atoms with E-state index < -0.39 is 0 Å². The van der Waals surface area contributed by atoms with Crippen molar-refractivity contribution in [3.05, 3.63) is 34.9 Å². The molecule has 1 aliphatic rings. The largest absolute Gasteiger partial charge is 0.395 e. The molecule has 0 aromatic heterocycles. The Morgan fingerprint density at radius 1 is 1.44 bits per heavy atom. The number of carbonyl (C=O) groups excluding carboxylic acids is 1. The molecule has 18 heavy (non-hydrogen) atoms. The fraction of sp³-hybridized carbons (Fsp3) is 0.500. The number of likely N-dealkylation sites (tertiary alicyclic amines) is 1. The fourth-order valence-electron chi connectivity index (χ4n) is 2.46. The summed E-state index contributed by atoms with van der Waals surface area (Å²) in [5.74, 6) is 0.0733. The van der Waals surface area contributed by atoms with Gasteiger partial charge in [0.15, 0.2) is 5.78 Å². The van der Waals surface area contributed by atoms with Gasteiger partial charge in [-0.2, -0.15) is 0 Å². The number of carbonyl (C=O) groups is 1. The monoisotopic (exact) mass is 267 g/mol. The molecule has 1 heterocycles. The van der Waals surface area contributed by atoms with Crippen LogP contribution in [0.2, 0.25) is 5.02 Å². The van der Waals surface area contributed by atoms with Gasteiger partial charge in [-0.05, 0) is 31.5 Å². The van der Waals surface area contributed by atoms with Crippen molar-refractivity contribution in [2.24, 2.45) is 0 Å². The van der Waals surface area contributed by atoms with Crippen LogP contribution in [0.3, 0.4) is 0 Å². The lowest BCUT2D eigenvalue weighted by Crippen LogP contribution is -2.33. The van der Waals surface area contributed by atoms with Gasteiger partial charge < -0.3 is 5.11 Å². The fourth-order valence-corrected chi connectivity index (χ4v) is 2.70. The molecule has 0 spiro atoms. The molecular formula is C14H18ClNO2. The number of nitrogens with zero attached hydrogens (tertiary/aromatic N) is 1. The maximum absolute atomic E-state index is 12.0. The second-order valence-electron chi connectivity index (χ2n) is 4.67. The zero-order valence-corrected chi connectivity index (χ0v) is 11.1. The zero-order chi connectivity index (χ0) is 13.0. The van der Waals surface area contributed by atoms with Gasteiger partial charge in [-0.15, -0.1) is 0 Å². The van der Waals surface area contributed by atoms with Gasteiger partial charge in [-0.1, -0.05) is 23.7 Å². The molecule has 2 rings (SSSR count). The minimum absolute atomic E-state index is 0.0733. The van der Waals surface area contributed by atoms with Crippen LogP contribution in [0.4, 0.5) is 0 Å². The summed E-state index contributed by atoms with van der Waals surface area (Å²) in [6, 6.07) is 7.37. The Balaban J connectivity index is 1.91. The number of hydrogen-bond acceptors (Lipinski definition) is 3. The first-order chi connectivity index (χ1) is 8.72. The van der Waals surface area contributed by atoms with Crippen LogP contribution in [0.5, 0.6) is 0 Å². The van der Waals surface area contributed by atoms with E-state index in [0.29, 0.717) is 23.6 Å². The highest BCUT2D eigenvalue weighted by molar-refractivity contribution is 6.33. The summed E-state index contributed by atoms with van der Waals surface area (Å²) in [6.45, 7) is 1.86. The molecule has 3 nitrogen and oxygen atoms in total. The Morgan fingerprint density at radius 2 is 2.22 bits per heavy atom. The van der Waals surface area contributed by atoms with E-state index in [1.165, 1.54) is 0 Å². The standard InChI is InChI=1S/C14H18ClNO2/c15-13-6-2-1-5-12(13)14(18)7-9-16-8-3-4-11(16)10-17/h1-2,5-6,11,17H,3-4,7-10H2. The number of hydrogen-bond donors (Lipinski definition) is 1. The molecule has 0 radical (unpaired) electrons. The highest BCUT2D eigenvalue weighted by Gasteiger charge is 2.24. The Hall–Kier alpha value is -0.900. The number of ketones is 1. The SMILES string of the molecule is O=C(CCN1CCCC1CO)c1ccccc1Cl. The van der Waals surface area contributed by atoms with Crippen LogP contribution in [0.15, 0.2) is 24.3 Å². The van der Waals surface area contributed by atoms with Crippen molar-refractivity contribution in [2.75, 3.05) is 19.7 Å². The summed E-state index contributed by atoms with van der Waals surface area (Å²) in [5, 5.41) is 9.73. The number of rotatable bonds is 5. The maximum atomic E-state index is 12.0.